The highest BCUT2D eigenvalue weighted by Crippen LogP contribution is 2.66. The van der Waals surface area contributed by atoms with E-state index in [1.165, 1.54) is 194 Å². The summed E-state index contributed by atoms with van der Waals surface area (Å²) in [6, 6.07) is 136. The molecule has 98 heavy (non-hydrogen) atoms. The van der Waals surface area contributed by atoms with Crippen molar-refractivity contribution in [3.05, 3.63) is 386 Å². The molecule has 0 heteroatoms. The van der Waals surface area contributed by atoms with Gasteiger partial charge in [-0.25, -0.2) is 0 Å². The Hall–Kier alpha value is -12.5. The molecule has 20 rings (SSSR count). The minimum absolute atomic E-state index is 0.869. The van der Waals surface area contributed by atoms with Gasteiger partial charge in [-0.15, -0.1) is 0 Å². The molecule has 0 heterocycles. The van der Waals surface area contributed by atoms with Crippen molar-refractivity contribution < 1.29 is 0 Å². The summed E-state index contributed by atoms with van der Waals surface area (Å²) in [5.41, 5.74) is 37.1. The van der Waals surface area contributed by atoms with Crippen molar-refractivity contribution in [2.75, 3.05) is 0 Å². The van der Waals surface area contributed by atoms with E-state index in [1.807, 2.05) is 0 Å². The van der Waals surface area contributed by atoms with E-state index in [0.29, 0.717) is 0 Å². The Kier molecular flexibility index (Phi) is 12.6. The molecule has 0 fully saturated rings. The fraction of sp³-hybridized carbons (Fsp3) is 0.0204. The van der Waals surface area contributed by atoms with Crippen LogP contribution < -0.4 is 0 Å². The lowest BCUT2D eigenvalue weighted by atomic mass is 9.65. The van der Waals surface area contributed by atoms with Gasteiger partial charge in [0.25, 0.3) is 0 Å². The topological polar surface area (TPSA) is 0 Å². The lowest BCUT2D eigenvalue weighted by molar-refractivity contribution is 0.776. The van der Waals surface area contributed by atoms with Crippen molar-refractivity contribution in [2.45, 2.75) is 12.3 Å². The van der Waals surface area contributed by atoms with Crippen LogP contribution in [-0.4, -0.2) is 0 Å². The zero-order valence-corrected chi connectivity index (χ0v) is 54.1. The van der Waals surface area contributed by atoms with E-state index in [-0.39, 0.29) is 0 Å². The Balaban J connectivity index is 0.958. The highest BCUT2D eigenvalue weighted by atomic mass is 14.5. The number of aryl methyl sites for hydroxylation is 1. The first-order valence-electron chi connectivity index (χ1n) is 34.3. The van der Waals surface area contributed by atoms with Crippen LogP contribution in [0.1, 0.15) is 27.8 Å². The number of fused-ring (bicyclic) bond motifs is 10. The smallest absolute Gasteiger partial charge is 0.0622 e. The van der Waals surface area contributed by atoms with Crippen LogP contribution >= 0.6 is 0 Å². The quantitative estimate of drug-likeness (QED) is 0.128. The summed E-state index contributed by atoms with van der Waals surface area (Å²) >= 11 is 0. The van der Waals surface area contributed by atoms with Crippen LogP contribution in [0.2, 0.25) is 0 Å². The molecule has 0 amide bonds. The van der Waals surface area contributed by atoms with Crippen molar-refractivity contribution in [3.8, 4) is 145 Å². The van der Waals surface area contributed by atoms with Gasteiger partial charge in [0.1, 0.15) is 0 Å². The van der Waals surface area contributed by atoms with E-state index >= 15 is 0 Å². The van der Waals surface area contributed by atoms with E-state index in [1.54, 1.807) is 0 Å². The summed E-state index contributed by atoms with van der Waals surface area (Å²) in [5.74, 6) is 0. The Morgan fingerprint density at radius 1 is 0.184 bits per heavy atom. The van der Waals surface area contributed by atoms with Crippen LogP contribution in [0.25, 0.3) is 177 Å². The van der Waals surface area contributed by atoms with Gasteiger partial charge in [0.15, 0.2) is 0 Å². The van der Waals surface area contributed by atoms with Crippen LogP contribution in [0, 0.1) is 6.92 Å². The van der Waals surface area contributed by atoms with E-state index in [2.05, 4.69) is 365 Å². The predicted octanol–water partition coefficient (Wildman–Crippen LogP) is 26.4. The summed E-state index contributed by atoms with van der Waals surface area (Å²) in [4.78, 5) is 0. The van der Waals surface area contributed by atoms with Crippen molar-refractivity contribution in [1.82, 2.24) is 0 Å². The molecule has 0 spiro atoms. The third kappa shape index (κ3) is 8.13. The van der Waals surface area contributed by atoms with Crippen LogP contribution in [0.3, 0.4) is 0 Å². The Labute approximate surface area is 571 Å². The first kappa shape index (κ1) is 55.9. The number of rotatable bonds is 10. The van der Waals surface area contributed by atoms with Crippen LogP contribution in [0.5, 0.6) is 0 Å². The number of hydrogen-bond acceptors (Lipinski definition) is 0. The van der Waals surface area contributed by atoms with Crippen molar-refractivity contribution in [3.63, 3.8) is 0 Å². The lowest BCUT2D eigenvalue weighted by Gasteiger charge is -2.36. The zero-order chi connectivity index (χ0) is 64.6. The standard InChI is InChI=1S/C98H62/c1-61-51-55-73(56-52-61)98(81-50-26-40-62-27-20-21-45-74(62)81)82-59-71(92-86(65-28-8-2-9-29-65)88(67-32-12-4-13-33-67)94-77-46-22-41-63-43-24-48-79(84(63)77)96(94)90(92)69-36-16-6-17-37-69)53-57-75(82)76-58-54-72(60-83(76)98)93-87(66-30-10-3-11-31-66)89(68-34-14-5-15-35-68)95-78-47-23-42-64-44-25-49-80(85(64)78)97(95)91(93)70-38-18-7-19-39-70/h2-60H,1H3. The molecule has 3 aliphatic carbocycles. The first-order chi connectivity index (χ1) is 48.6. The average molecular weight is 1240 g/mol. The predicted molar refractivity (Wildman–Crippen MR) is 413 cm³/mol. The minimum Gasteiger partial charge on any atom is -0.0622 e. The van der Waals surface area contributed by atoms with Gasteiger partial charge in [0, 0.05) is 0 Å². The maximum absolute atomic E-state index is 2.64. The molecule has 0 N–H and O–H groups in total. The molecule has 454 valence electrons. The van der Waals surface area contributed by atoms with Crippen molar-refractivity contribution >= 4 is 32.3 Å². The summed E-state index contributed by atoms with van der Waals surface area (Å²) in [6.45, 7) is 2.22. The molecule has 0 aromatic heterocycles. The Morgan fingerprint density at radius 2 is 0.469 bits per heavy atom. The molecule has 0 radical (unpaired) electrons. The Morgan fingerprint density at radius 3 is 0.827 bits per heavy atom. The number of hydrogen-bond donors (Lipinski definition) is 0. The van der Waals surface area contributed by atoms with Gasteiger partial charge in [-0.1, -0.05) is 351 Å². The molecular weight excluding hydrogens is 1180 g/mol. The molecule has 0 bridgehead atoms. The van der Waals surface area contributed by atoms with Crippen LogP contribution in [0.4, 0.5) is 0 Å². The molecule has 0 saturated carbocycles. The highest BCUT2D eigenvalue weighted by Gasteiger charge is 2.48. The minimum atomic E-state index is -0.869. The second-order valence-electron chi connectivity index (χ2n) is 26.8. The van der Waals surface area contributed by atoms with Gasteiger partial charge in [0.2, 0.25) is 0 Å². The summed E-state index contributed by atoms with van der Waals surface area (Å²) < 4.78 is 0. The molecule has 0 aliphatic heterocycles. The second-order valence-corrected chi connectivity index (χ2v) is 26.8. The van der Waals surface area contributed by atoms with Gasteiger partial charge >= 0.3 is 0 Å². The van der Waals surface area contributed by atoms with E-state index in [9.17, 15) is 0 Å². The zero-order valence-electron chi connectivity index (χ0n) is 54.1. The van der Waals surface area contributed by atoms with E-state index in [4.69, 9.17) is 0 Å². The van der Waals surface area contributed by atoms with Crippen molar-refractivity contribution in [2.24, 2.45) is 0 Å². The SMILES string of the molecule is Cc1ccc(C2(c3cccc4ccccc34)c3cc(-c4c(-c5ccccc5)c(-c5ccccc5)c5c(c4-c4ccccc4)-c4cccc6cccc-5c46)ccc3-c3ccc(-c4c(-c5ccccc5)c(-c5ccccc5)c5c(c4-c4ccccc4)-c4cccc6cccc-5c46)cc32)cc1. The van der Waals surface area contributed by atoms with Crippen LogP contribution in [0.15, 0.2) is 358 Å². The number of benzene rings is 17. The molecule has 17 aromatic rings. The fourth-order valence-corrected chi connectivity index (χ4v) is 17.8. The monoisotopic (exact) mass is 1240 g/mol. The first-order valence-corrected chi connectivity index (χ1v) is 34.3. The third-order valence-electron chi connectivity index (χ3n) is 21.7. The maximum Gasteiger partial charge on any atom is 0.0719 e. The molecule has 3 aliphatic rings. The molecule has 0 nitrogen and oxygen atoms in total. The molecule has 0 atom stereocenters. The van der Waals surface area contributed by atoms with Crippen LogP contribution in [-0.2, 0) is 5.41 Å². The molecule has 0 saturated heterocycles. The molecular formula is C98H62. The largest absolute Gasteiger partial charge is 0.0719 e. The van der Waals surface area contributed by atoms with Gasteiger partial charge in [-0.05, 0) is 218 Å². The highest BCUT2D eigenvalue weighted by molar-refractivity contribution is 6.28. The van der Waals surface area contributed by atoms with Crippen molar-refractivity contribution in [1.29, 1.82) is 0 Å². The maximum atomic E-state index is 2.64. The van der Waals surface area contributed by atoms with E-state index < -0.39 is 5.41 Å². The second kappa shape index (κ2) is 22.0. The van der Waals surface area contributed by atoms with Gasteiger partial charge in [-0.2, -0.15) is 0 Å². The fourth-order valence-electron chi connectivity index (χ4n) is 17.8. The lowest BCUT2D eigenvalue weighted by Crippen LogP contribution is -2.29. The molecule has 0 unspecified atom stereocenters. The van der Waals surface area contributed by atoms with Gasteiger partial charge < -0.3 is 0 Å². The average Bonchev–Trinajstić information content (AvgIpc) is 1.50. The summed E-state index contributed by atoms with van der Waals surface area (Å²) in [5, 5.41) is 7.52. The van der Waals surface area contributed by atoms with E-state index in [0.717, 1.165) is 11.1 Å². The third-order valence-corrected chi connectivity index (χ3v) is 21.7. The van der Waals surface area contributed by atoms with Gasteiger partial charge in [0.05, 0.1) is 5.41 Å². The normalized spacial score (nSPS) is 12.6. The summed E-state index contributed by atoms with van der Waals surface area (Å²) in [6.07, 6.45) is 0. The summed E-state index contributed by atoms with van der Waals surface area (Å²) in [7, 11) is 0. The molecule has 17 aromatic carbocycles. The van der Waals surface area contributed by atoms with Gasteiger partial charge in [-0.3, -0.25) is 0 Å². The Bertz CT molecular complexity index is 5770.